The van der Waals surface area contributed by atoms with Crippen molar-refractivity contribution in [2.24, 2.45) is 0 Å². The number of nitrogens with one attached hydrogen (secondary N) is 1. The Labute approximate surface area is 213 Å². The minimum absolute atomic E-state index is 0.0922. The molecule has 190 valence electrons. The van der Waals surface area contributed by atoms with Crippen molar-refractivity contribution in [2.75, 3.05) is 18.0 Å². The highest BCUT2D eigenvalue weighted by Crippen LogP contribution is 2.40. The Balaban J connectivity index is 1.71. The fourth-order valence-electron chi connectivity index (χ4n) is 4.49. The van der Waals surface area contributed by atoms with E-state index in [9.17, 15) is 13.2 Å². The molecule has 1 unspecified atom stereocenters. The third-order valence-electron chi connectivity index (χ3n) is 6.18. The SMILES string of the molecule is COc1ccc(C)cc1N(CC(=O)NC1CC(C)(C)Oc2ccc(C)cc21)S(=O)(=O)c1ccccc1. The van der Waals surface area contributed by atoms with Gasteiger partial charge in [0.05, 0.1) is 23.7 Å². The Morgan fingerprint density at radius 2 is 1.72 bits per heavy atom. The van der Waals surface area contributed by atoms with Crippen molar-refractivity contribution >= 4 is 21.6 Å². The maximum Gasteiger partial charge on any atom is 0.264 e. The van der Waals surface area contributed by atoms with E-state index in [1.807, 2.05) is 52.0 Å². The number of methoxy groups -OCH3 is 1. The largest absolute Gasteiger partial charge is 0.495 e. The summed E-state index contributed by atoms with van der Waals surface area (Å²) < 4.78 is 40.2. The third kappa shape index (κ3) is 5.33. The number of carbonyl (C=O) groups excluding carboxylic acids is 1. The van der Waals surface area contributed by atoms with Crippen LogP contribution in [-0.2, 0) is 14.8 Å². The molecule has 0 bridgehead atoms. The van der Waals surface area contributed by atoms with Crippen LogP contribution in [0.25, 0.3) is 0 Å². The highest BCUT2D eigenvalue weighted by Gasteiger charge is 2.36. The van der Waals surface area contributed by atoms with Gasteiger partial charge in [0.1, 0.15) is 23.6 Å². The van der Waals surface area contributed by atoms with Gasteiger partial charge in [-0.3, -0.25) is 9.10 Å². The second kappa shape index (κ2) is 9.85. The van der Waals surface area contributed by atoms with Crippen molar-refractivity contribution in [1.29, 1.82) is 0 Å². The molecule has 3 aromatic carbocycles. The molecule has 0 saturated heterocycles. The quantitative estimate of drug-likeness (QED) is 0.489. The molecule has 0 radical (unpaired) electrons. The molecule has 1 N–H and O–H groups in total. The van der Waals surface area contributed by atoms with Gasteiger partial charge in [-0.2, -0.15) is 0 Å². The number of anilines is 1. The first-order valence-corrected chi connectivity index (χ1v) is 13.3. The molecule has 0 fully saturated rings. The van der Waals surface area contributed by atoms with Gasteiger partial charge in [-0.1, -0.05) is 42.0 Å². The van der Waals surface area contributed by atoms with Gasteiger partial charge in [-0.05, 0) is 63.6 Å². The van der Waals surface area contributed by atoms with Crippen LogP contribution in [0.15, 0.2) is 71.6 Å². The molecule has 0 saturated carbocycles. The molecule has 7 nitrogen and oxygen atoms in total. The summed E-state index contributed by atoms with van der Waals surface area (Å²) in [6.45, 7) is 7.38. The topological polar surface area (TPSA) is 84.9 Å². The van der Waals surface area contributed by atoms with E-state index in [-0.39, 0.29) is 10.9 Å². The zero-order valence-corrected chi connectivity index (χ0v) is 22.1. The Morgan fingerprint density at radius 3 is 2.42 bits per heavy atom. The molecule has 8 heteroatoms. The molecule has 1 aliphatic heterocycles. The second-order valence-corrected chi connectivity index (χ2v) is 11.6. The minimum atomic E-state index is -4.06. The number of nitrogens with zero attached hydrogens (tertiary/aromatic N) is 1. The van der Waals surface area contributed by atoms with E-state index in [0.717, 1.165) is 26.7 Å². The monoisotopic (exact) mass is 508 g/mol. The van der Waals surface area contributed by atoms with E-state index in [1.165, 1.54) is 19.2 Å². The number of ether oxygens (including phenoxy) is 2. The highest BCUT2D eigenvalue weighted by molar-refractivity contribution is 7.92. The van der Waals surface area contributed by atoms with Crippen molar-refractivity contribution < 1.29 is 22.7 Å². The van der Waals surface area contributed by atoms with Crippen LogP contribution in [0.3, 0.4) is 0 Å². The average Bonchev–Trinajstić information content (AvgIpc) is 2.83. The molecule has 36 heavy (non-hydrogen) atoms. The maximum atomic E-state index is 13.8. The normalized spacial score (nSPS) is 16.4. The summed E-state index contributed by atoms with van der Waals surface area (Å²) in [6.07, 6.45) is 0.550. The van der Waals surface area contributed by atoms with E-state index >= 15 is 0 Å². The molecular weight excluding hydrogens is 476 g/mol. The number of hydrogen-bond acceptors (Lipinski definition) is 5. The lowest BCUT2D eigenvalue weighted by Crippen LogP contribution is -2.45. The molecule has 0 aliphatic carbocycles. The maximum absolute atomic E-state index is 13.8. The lowest BCUT2D eigenvalue weighted by Gasteiger charge is -2.38. The number of aryl methyl sites for hydroxylation is 2. The van der Waals surface area contributed by atoms with Crippen LogP contribution in [0.2, 0.25) is 0 Å². The van der Waals surface area contributed by atoms with Crippen molar-refractivity contribution in [2.45, 2.75) is 50.7 Å². The zero-order valence-electron chi connectivity index (χ0n) is 21.2. The summed E-state index contributed by atoms with van der Waals surface area (Å²) in [5.74, 6) is 0.658. The number of amides is 1. The van der Waals surface area contributed by atoms with E-state index < -0.39 is 28.1 Å². The summed E-state index contributed by atoms with van der Waals surface area (Å²) in [7, 11) is -2.58. The van der Waals surface area contributed by atoms with Crippen LogP contribution in [0.1, 0.15) is 43.0 Å². The van der Waals surface area contributed by atoms with Crippen LogP contribution in [0, 0.1) is 13.8 Å². The Morgan fingerprint density at radius 1 is 1.06 bits per heavy atom. The van der Waals surface area contributed by atoms with Crippen LogP contribution in [-0.4, -0.2) is 33.6 Å². The predicted octanol–water partition coefficient (Wildman–Crippen LogP) is 4.93. The van der Waals surface area contributed by atoms with E-state index in [2.05, 4.69) is 5.32 Å². The lowest BCUT2D eigenvalue weighted by molar-refractivity contribution is -0.120. The van der Waals surface area contributed by atoms with Gasteiger partial charge in [0.2, 0.25) is 5.91 Å². The summed E-state index contributed by atoms with van der Waals surface area (Å²) in [5, 5.41) is 3.07. The fraction of sp³-hybridized carbons (Fsp3) is 0.321. The summed E-state index contributed by atoms with van der Waals surface area (Å²) >= 11 is 0. The van der Waals surface area contributed by atoms with Gasteiger partial charge in [0.15, 0.2) is 0 Å². The number of fused-ring (bicyclic) bond motifs is 1. The Hall–Kier alpha value is -3.52. The van der Waals surface area contributed by atoms with Crippen LogP contribution in [0.5, 0.6) is 11.5 Å². The fourth-order valence-corrected chi connectivity index (χ4v) is 5.93. The first-order chi connectivity index (χ1) is 17.0. The zero-order chi connectivity index (χ0) is 26.1. The van der Waals surface area contributed by atoms with Gasteiger partial charge in [0.25, 0.3) is 10.0 Å². The number of carbonyl (C=O) groups is 1. The van der Waals surface area contributed by atoms with Gasteiger partial charge < -0.3 is 14.8 Å². The Kier molecular flexibility index (Phi) is 7.00. The third-order valence-corrected chi connectivity index (χ3v) is 7.95. The lowest BCUT2D eigenvalue weighted by atomic mass is 9.89. The van der Waals surface area contributed by atoms with Crippen molar-refractivity contribution in [1.82, 2.24) is 5.32 Å². The number of rotatable bonds is 7. The summed E-state index contributed by atoms with van der Waals surface area (Å²) in [6, 6.07) is 18.9. The summed E-state index contributed by atoms with van der Waals surface area (Å²) in [5.41, 5.74) is 2.59. The van der Waals surface area contributed by atoms with E-state index in [0.29, 0.717) is 17.9 Å². The van der Waals surface area contributed by atoms with Crippen LogP contribution in [0.4, 0.5) is 5.69 Å². The average molecular weight is 509 g/mol. The molecule has 0 spiro atoms. The van der Waals surface area contributed by atoms with E-state index in [1.54, 1.807) is 30.3 Å². The van der Waals surface area contributed by atoms with Crippen LogP contribution >= 0.6 is 0 Å². The summed E-state index contributed by atoms with van der Waals surface area (Å²) in [4.78, 5) is 13.6. The van der Waals surface area contributed by atoms with Crippen molar-refractivity contribution in [3.05, 3.63) is 83.4 Å². The second-order valence-electron chi connectivity index (χ2n) is 9.73. The molecule has 1 amide bonds. The standard InChI is InChI=1S/C28H32N2O5S/c1-19-11-13-25-22(15-19)23(17-28(3,4)35-25)29-27(31)18-30(24-16-20(2)12-14-26(24)34-5)36(32,33)21-9-7-6-8-10-21/h6-16,23H,17-18H2,1-5H3,(H,29,31). The highest BCUT2D eigenvalue weighted by atomic mass is 32.2. The van der Waals surface area contributed by atoms with Gasteiger partial charge in [-0.15, -0.1) is 0 Å². The number of benzene rings is 3. The predicted molar refractivity (Wildman–Crippen MR) is 140 cm³/mol. The first kappa shape index (κ1) is 25.6. The van der Waals surface area contributed by atoms with Crippen molar-refractivity contribution in [3.8, 4) is 11.5 Å². The molecule has 0 aromatic heterocycles. The molecule has 1 aliphatic rings. The number of sulfonamides is 1. The van der Waals surface area contributed by atoms with Gasteiger partial charge in [-0.25, -0.2) is 8.42 Å². The molecule has 1 atom stereocenters. The molecule has 1 heterocycles. The minimum Gasteiger partial charge on any atom is -0.495 e. The van der Waals surface area contributed by atoms with Gasteiger partial charge in [0, 0.05) is 12.0 Å². The first-order valence-electron chi connectivity index (χ1n) is 11.8. The number of hydrogen-bond donors (Lipinski definition) is 1. The van der Waals surface area contributed by atoms with Gasteiger partial charge >= 0.3 is 0 Å². The van der Waals surface area contributed by atoms with E-state index in [4.69, 9.17) is 9.47 Å². The Bertz CT molecular complexity index is 1370. The smallest absolute Gasteiger partial charge is 0.264 e. The molecule has 4 rings (SSSR count). The van der Waals surface area contributed by atoms with Crippen molar-refractivity contribution in [3.63, 3.8) is 0 Å². The molecule has 3 aromatic rings. The van der Waals surface area contributed by atoms with Crippen LogP contribution < -0.4 is 19.1 Å². The molecular formula is C28H32N2O5S.